The van der Waals surface area contributed by atoms with Gasteiger partial charge in [0.25, 0.3) is 0 Å². The molecule has 0 aromatic carbocycles. The highest BCUT2D eigenvalue weighted by atomic mass is 16.5. The van der Waals surface area contributed by atoms with Gasteiger partial charge in [0.05, 0.1) is 18.3 Å². The van der Waals surface area contributed by atoms with Crippen LogP contribution < -0.4 is 0 Å². The minimum atomic E-state index is -0.161. The lowest BCUT2D eigenvalue weighted by Gasteiger charge is -2.42. The van der Waals surface area contributed by atoms with E-state index >= 15 is 0 Å². The van der Waals surface area contributed by atoms with Crippen molar-refractivity contribution in [3.05, 3.63) is 42.6 Å². The molecular weight excluding hydrogens is 292 g/mol. The molecule has 1 unspecified atom stereocenters. The highest BCUT2D eigenvalue weighted by molar-refractivity contribution is 5.25. The van der Waals surface area contributed by atoms with Gasteiger partial charge in [-0.15, -0.1) is 0 Å². The number of pyridine rings is 1. The molecule has 0 N–H and O–H groups in total. The molecule has 3 heterocycles. The molecule has 0 radical (unpaired) electrons. The van der Waals surface area contributed by atoms with Crippen molar-refractivity contribution in [3.8, 4) is 5.82 Å². The van der Waals surface area contributed by atoms with E-state index in [-0.39, 0.29) is 11.7 Å². The maximum atomic E-state index is 6.06. The zero-order valence-electron chi connectivity index (χ0n) is 14.0. The summed E-state index contributed by atoms with van der Waals surface area (Å²) in [5.74, 6) is 0.880. The van der Waals surface area contributed by atoms with E-state index in [0.717, 1.165) is 25.5 Å². The lowest BCUT2D eigenvalue weighted by atomic mass is 10.0. The Morgan fingerprint density at radius 3 is 2.91 bits per heavy atom. The van der Waals surface area contributed by atoms with Crippen molar-refractivity contribution < 1.29 is 9.47 Å². The van der Waals surface area contributed by atoms with Crippen molar-refractivity contribution >= 4 is 0 Å². The molecule has 3 rings (SSSR count). The van der Waals surface area contributed by atoms with Gasteiger partial charge in [-0.05, 0) is 25.5 Å². The van der Waals surface area contributed by atoms with Crippen LogP contribution in [0.4, 0.5) is 0 Å². The van der Waals surface area contributed by atoms with Crippen molar-refractivity contribution in [1.82, 2.24) is 19.4 Å². The van der Waals surface area contributed by atoms with Gasteiger partial charge >= 0.3 is 0 Å². The van der Waals surface area contributed by atoms with E-state index in [1.54, 1.807) is 19.6 Å². The predicted molar refractivity (Wildman–Crippen MR) is 87.5 cm³/mol. The first-order valence-electron chi connectivity index (χ1n) is 7.88. The Bertz CT molecular complexity index is 610. The van der Waals surface area contributed by atoms with Crippen molar-refractivity contribution in [3.63, 3.8) is 0 Å². The summed E-state index contributed by atoms with van der Waals surface area (Å²) in [6, 6.07) is 4.14. The van der Waals surface area contributed by atoms with E-state index in [2.05, 4.69) is 34.8 Å². The first-order valence-corrected chi connectivity index (χ1v) is 7.88. The molecule has 1 fully saturated rings. The molecule has 2 aromatic rings. The van der Waals surface area contributed by atoms with Crippen LogP contribution in [0.15, 0.2) is 37.1 Å². The van der Waals surface area contributed by atoms with Crippen molar-refractivity contribution in [2.24, 2.45) is 0 Å². The monoisotopic (exact) mass is 316 g/mol. The molecule has 1 saturated heterocycles. The van der Waals surface area contributed by atoms with E-state index in [0.29, 0.717) is 6.61 Å². The van der Waals surface area contributed by atoms with Crippen molar-refractivity contribution in [2.45, 2.75) is 32.1 Å². The minimum absolute atomic E-state index is 0.113. The Kier molecular flexibility index (Phi) is 4.75. The van der Waals surface area contributed by atoms with Crippen molar-refractivity contribution in [2.75, 3.05) is 26.8 Å². The summed E-state index contributed by atoms with van der Waals surface area (Å²) < 4.78 is 13.2. The Balaban J connectivity index is 1.66. The first-order chi connectivity index (χ1) is 11.1. The predicted octanol–water partition coefficient (Wildman–Crippen LogP) is 1.89. The smallest absolute Gasteiger partial charge is 0.137 e. The molecule has 0 saturated carbocycles. The van der Waals surface area contributed by atoms with Crippen LogP contribution in [-0.2, 0) is 16.0 Å². The molecule has 6 nitrogen and oxygen atoms in total. The van der Waals surface area contributed by atoms with Gasteiger partial charge in [-0.25, -0.2) is 9.97 Å². The highest BCUT2D eigenvalue weighted by Crippen LogP contribution is 2.22. The summed E-state index contributed by atoms with van der Waals surface area (Å²) in [4.78, 5) is 11.0. The third-order valence-electron chi connectivity index (χ3n) is 3.89. The molecule has 0 aliphatic carbocycles. The summed E-state index contributed by atoms with van der Waals surface area (Å²) in [6.07, 6.45) is 7.44. The van der Waals surface area contributed by atoms with Crippen molar-refractivity contribution in [1.29, 1.82) is 0 Å². The molecular formula is C17H24N4O2. The lowest BCUT2D eigenvalue weighted by molar-refractivity contribution is -0.154. The number of hydrogen-bond donors (Lipinski definition) is 0. The van der Waals surface area contributed by atoms with Gasteiger partial charge < -0.3 is 9.47 Å². The molecule has 2 aromatic heterocycles. The largest absolute Gasteiger partial charge is 0.382 e. The average molecular weight is 316 g/mol. The maximum Gasteiger partial charge on any atom is 0.137 e. The lowest BCUT2D eigenvalue weighted by Crippen LogP contribution is -2.53. The maximum absolute atomic E-state index is 6.06. The summed E-state index contributed by atoms with van der Waals surface area (Å²) in [7, 11) is 1.72. The Labute approximate surface area is 137 Å². The van der Waals surface area contributed by atoms with E-state index in [1.807, 2.05) is 23.0 Å². The van der Waals surface area contributed by atoms with Gasteiger partial charge in [-0.2, -0.15) is 0 Å². The van der Waals surface area contributed by atoms with E-state index in [1.165, 1.54) is 5.56 Å². The number of methoxy groups -OCH3 is 1. The average Bonchev–Trinajstić information content (AvgIpc) is 3.01. The topological polar surface area (TPSA) is 52.4 Å². The molecule has 1 atom stereocenters. The normalized spacial score (nSPS) is 21.4. The molecule has 1 aliphatic heterocycles. The van der Waals surface area contributed by atoms with Crippen LogP contribution in [0, 0.1) is 0 Å². The first kappa shape index (κ1) is 16.1. The van der Waals surface area contributed by atoms with Gasteiger partial charge in [-0.3, -0.25) is 9.47 Å². The fraction of sp³-hybridized carbons (Fsp3) is 0.529. The number of ether oxygens (including phenoxy) is 2. The van der Waals surface area contributed by atoms with Gasteiger partial charge in [0, 0.05) is 45.3 Å². The van der Waals surface area contributed by atoms with Crippen LogP contribution >= 0.6 is 0 Å². The quantitative estimate of drug-likeness (QED) is 0.843. The third kappa shape index (κ3) is 4.16. The molecule has 0 spiro atoms. The van der Waals surface area contributed by atoms with Crippen LogP contribution in [-0.4, -0.2) is 57.9 Å². The number of rotatable bonds is 5. The highest BCUT2D eigenvalue weighted by Gasteiger charge is 2.33. The Morgan fingerprint density at radius 2 is 2.26 bits per heavy atom. The molecule has 0 bridgehead atoms. The Morgan fingerprint density at radius 1 is 1.39 bits per heavy atom. The van der Waals surface area contributed by atoms with Gasteiger partial charge in [0.1, 0.15) is 12.1 Å². The number of aromatic nitrogens is 3. The number of imidazole rings is 1. The number of morpholine rings is 1. The number of hydrogen-bond acceptors (Lipinski definition) is 5. The van der Waals surface area contributed by atoms with Crippen LogP contribution in [0.2, 0.25) is 0 Å². The fourth-order valence-electron chi connectivity index (χ4n) is 3.13. The molecule has 6 heteroatoms. The van der Waals surface area contributed by atoms with Gasteiger partial charge in [-0.1, -0.05) is 6.07 Å². The summed E-state index contributed by atoms with van der Waals surface area (Å²) in [5.41, 5.74) is 1.04. The summed E-state index contributed by atoms with van der Waals surface area (Å²) in [6.45, 7) is 7.52. The van der Waals surface area contributed by atoms with Gasteiger partial charge in [0.15, 0.2) is 0 Å². The Hall–Kier alpha value is -1.76. The zero-order chi connectivity index (χ0) is 16.3. The van der Waals surface area contributed by atoms with Crippen LogP contribution in [0.1, 0.15) is 19.4 Å². The summed E-state index contributed by atoms with van der Waals surface area (Å²) >= 11 is 0. The molecule has 23 heavy (non-hydrogen) atoms. The minimum Gasteiger partial charge on any atom is -0.382 e. The van der Waals surface area contributed by atoms with E-state index < -0.39 is 0 Å². The summed E-state index contributed by atoms with van der Waals surface area (Å²) in [5, 5.41) is 0. The SMILES string of the molecule is COCC1CN(Cc2ccc(-n3ccnc3)nc2)CC(C)(C)O1. The molecule has 0 amide bonds. The van der Waals surface area contributed by atoms with Crippen LogP contribution in [0.25, 0.3) is 5.82 Å². The van der Waals surface area contributed by atoms with Crippen LogP contribution in [0.3, 0.4) is 0 Å². The molecule has 1 aliphatic rings. The van der Waals surface area contributed by atoms with Gasteiger partial charge in [0.2, 0.25) is 0 Å². The number of nitrogens with zero attached hydrogens (tertiary/aromatic N) is 4. The van der Waals surface area contributed by atoms with E-state index in [9.17, 15) is 0 Å². The molecule has 124 valence electrons. The third-order valence-corrected chi connectivity index (χ3v) is 3.89. The van der Waals surface area contributed by atoms with E-state index in [4.69, 9.17) is 9.47 Å². The zero-order valence-corrected chi connectivity index (χ0v) is 14.0. The second-order valence-corrected chi connectivity index (χ2v) is 6.62. The fourth-order valence-corrected chi connectivity index (χ4v) is 3.13. The standard InChI is InChI=1S/C17H24N4O2/c1-17(2)12-20(10-15(23-17)11-22-3)9-14-4-5-16(19-8-14)21-7-6-18-13-21/h4-8,13,15H,9-12H2,1-3H3. The second kappa shape index (κ2) is 6.78. The van der Waals surface area contributed by atoms with Crippen LogP contribution in [0.5, 0.6) is 0 Å². The second-order valence-electron chi connectivity index (χ2n) is 6.62.